The summed E-state index contributed by atoms with van der Waals surface area (Å²) in [5.74, 6) is 2.70. The first-order chi connectivity index (χ1) is 13.2. The van der Waals surface area contributed by atoms with Crippen LogP contribution in [0.15, 0.2) is 36.8 Å². The lowest BCUT2D eigenvalue weighted by molar-refractivity contribution is 0.966. The van der Waals surface area contributed by atoms with Gasteiger partial charge in [-0.1, -0.05) is 0 Å². The molecule has 0 saturated heterocycles. The van der Waals surface area contributed by atoms with Crippen molar-refractivity contribution in [2.24, 2.45) is 0 Å². The smallest absolute Gasteiger partial charge is 0.224 e. The number of anilines is 3. The number of benzene rings is 1. The van der Waals surface area contributed by atoms with Gasteiger partial charge < -0.3 is 15.6 Å². The average Bonchev–Trinajstić information content (AvgIpc) is 3.25. The molecule has 0 spiro atoms. The first-order valence-corrected chi connectivity index (χ1v) is 9.06. The van der Waals surface area contributed by atoms with Gasteiger partial charge in [-0.2, -0.15) is 10.1 Å². The van der Waals surface area contributed by atoms with Gasteiger partial charge in [-0.3, -0.25) is 5.10 Å². The fraction of sp³-hybridized carbons (Fsp3) is 0.263. The van der Waals surface area contributed by atoms with E-state index in [4.69, 9.17) is 0 Å². The minimum atomic E-state index is 0.569. The van der Waals surface area contributed by atoms with Crippen LogP contribution in [0.2, 0.25) is 0 Å². The van der Waals surface area contributed by atoms with E-state index in [0.29, 0.717) is 24.2 Å². The van der Waals surface area contributed by atoms with E-state index in [0.717, 1.165) is 22.4 Å². The van der Waals surface area contributed by atoms with E-state index in [-0.39, 0.29) is 0 Å². The van der Waals surface area contributed by atoms with Crippen LogP contribution in [0.5, 0.6) is 0 Å². The van der Waals surface area contributed by atoms with Gasteiger partial charge in [0.25, 0.3) is 0 Å². The van der Waals surface area contributed by atoms with Gasteiger partial charge in [0.1, 0.15) is 5.82 Å². The second-order valence-electron chi connectivity index (χ2n) is 6.93. The molecule has 8 nitrogen and oxygen atoms in total. The SMILES string of the molecule is Cc1cc2[nH]cnc2cc1CNc1nccc(Nc2cc(C3CC3)[nH]n2)n1. The van der Waals surface area contributed by atoms with Gasteiger partial charge in [0.15, 0.2) is 5.82 Å². The van der Waals surface area contributed by atoms with Crippen molar-refractivity contribution in [3.8, 4) is 0 Å². The van der Waals surface area contributed by atoms with Crippen molar-refractivity contribution in [3.05, 3.63) is 53.6 Å². The van der Waals surface area contributed by atoms with Crippen molar-refractivity contribution < 1.29 is 0 Å². The van der Waals surface area contributed by atoms with E-state index >= 15 is 0 Å². The maximum Gasteiger partial charge on any atom is 0.224 e. The van der Waals surface area contributed by atoms with Crippen molar-refractivity contribution in [2.45, 2.75) is 32.2 Å². The van der Waals surface area contributed by atoms with Gasteiger partial charge in [-0.05, 0) is 49.1 Å². The zero-order valence-electron chi connectivity index (χ0n) is 15.0. The summed E-state index contributed by atoms with van der Waals surface area (Å²) in [6.45, 7) is 2.72. The molecule has 4 N–H and O–H groups in total. The lowest BCUT2D eigenvalue weighted by Crippen LogP contribution is -2.06. The Labute approximate surface area is 155 Å². The van der Waals surface area contributed by atoms with Crippen LogP contribution in [0.25, 0.3) is 11.0 Å². The molecule has 0 atom stereocenters. The van der Waals surface area contributed by atoms with Gasteiger partial charge in [-0.25, -0.2) is 9.97 Å². The van der Waals surface area contributed by atoms with E-state index in [9.17, 15) is 0 Å². The molecule has 1 aromatic carbocycles. The molecule has 0 amide bonds. The number of hydrogen-bond donors (Lipinski definition) is 4. The van der Waals surface area contributed by atoms with Crippen LogP contribution in [0, 0.1) is 6.92 Å². The van der Waals surface area contributed by atoms with Crippen LogP contribution in [0.1, 0.15) is 35.6 Å². The Bertz CT molecular complexity index is 1090. The van der Waals surface area contributed by atoms with Crippen molar-refractivity contribution in [1.82, 2.24) is 30.1 Å². The Balaban J connectivity index is 1.28. The lowest BCUT2D eigenvalue weighted by Gasteiger charge is -2.09. The molecule has 1 saturated carbocycles. The molecular weight excluding hydrogens is 340 g/mol. The molecule has 3 heterocycles. The third-order valence-corrected chi connectivity index (χ3v) is 4.84. The highest BCUT2D eigenvalue weighted by Crippen LogP contribution is 2.39. The summed E-state index contributed by atoms with van der Waals surface area (Å²) >= 11 is 0. The van der Waals surface area contributed by atoms with Crippen molar-refractivity contribution in [2.75, 3.05) is 10.6 Å². The highest BCUT2D eigenvalue weighted by atomic mass is 15.2. The predicted molar refractivity (Wildman–Crippen MR) is 104 cm³/mol. The molecule has 1 fully saturated rings. The maximum absolute atomic E-state index is 4.53. The minimum absolute atomic E-state index is 0.569. The van der Waals surface area contributed by atoms with Crippen LogP contribution in [-0.2, 0) is 6.54 Å². The van der Waals surface area contributed by atoms with Crippen LogP contribution in [0.3, 0.4) is 0 Å². The highest BCUT2D eigenvalue weighted by molar-refractivity contribution is 5.76. The fourth-order valence-corrected chi connectivity index (χ4v) is 3.15. The molecule has 8 heteroatoms. The largest absolute Gasteiger partial charge is 0.350 e. The Morgan fingerprint density at radius 3 is 2.96 bits per heavy atom. The van der Waals surface area contributed by atoms with Crippen LogP contribution in [-0.4, -0.2) is 30.1 Å². The number of rotatable bonds is 6. The number of aromatic nitrogens is 6. The van der Waals surface area contributed by atoms with E-state index < -0.39 is 0 Å². The number of fused-ring (bicyclic) bond motifs is 1. The third kappa shape index (κ3) is 3.33. The molecule has 136 valence electrons. The summed E-state index contributed by atoms with van der Waals surface area (Å²) in [7, 11) is 0. The topological polar surface area (TPSA) is 107 Å². The molecule has 4 aromatic rings. The first kappa shape index (κ1) is 15.8. The van der Waals surface area contributed by atoms with Gasteiger partial charge in [-0.15, -0.1) is 0 Å². The third-order valence-electron chi connectivity index (χ3n) is 4.84. The molecule has 1 aliphatic rings. The van der Waals surface area contributed by atoms with Crippen molar-refractivity contribution in [3.63, 3.8) is 0 Å². The predicted octanol–water partition coefficient (Wildman–Crippen LogP) is 3.62. The second-order valence-corrected chi connectivity index (χ2v) is 6.93. The number of nitrogens with zero attached hydrogens (tertiary/aromatic N) is 4. The lowest BCUT2D eigenvalue weighted by atomic mass is 10.1. The zero-order chi connectivity index (χ0) is 18.2. The van der Waals surface area contributed by atoms with Crippen LogP contribution in [0.4, 0.5) is 17.6 Å². The molecule has 5 rings (SSSR count). The van der Waals surface area contributed by atoms with Gasteiger partial charge >= 0.3 is 0 Å². The number of aromatic amines is 2. The molecule has 3 aromatic heterocycles. The van der Waals surface area contributed by atoms with E-state index in [1.807, 2.05) is 6.07 Å². The average molecular weight is 360 g/mol. The standard InChI is InChI=1S/C19H20N8/c1-11-6-15-16(23-10-22-15)7-13(11)9-21-19-20-5-4-17(25-19)24-18-8-14(26-27-18)12-2-3-12/h4-8,10,12H,2-3,9H2,1H3,(H,22,23)(H3,20,21,24,25,26,27). The minimum Gasteiger partial charge on any atom is -0.350 e. The first-order valence-electron chi connectivity index (χ1n) is 9.06. The number of H-pyrrole nitrogens is 2. The molecule has 1 aliphatic carbocycles. The van der Waals surface area contributed by atoms with Gasteiger partial charge in [0.05, 0.1) is 17.4 Å². The maximum atomic E-state index is 4.53. The summed E-state index contributed by atoms with van der Waals surface area (Å²) in [6.07, 6.45) is 5.93. The zero-order valence-corrected chi connectivity index (χ0v) is 15.0. The Hall–Kier alpha value is -3.42. The number of nitrogens with one attached hydrogen (secondary N) is 4. The summed E-state index contributed by atoms with van der Waals surface area (Å²) in [5, 5.41) is 13.9. The van der Waals surface area contributed by atoms with Crippen LogP contribution < -0.4 is 10.6 Å². The number of imidazole rings is 1. The summed E-state index contributed by atoms with van der Waals surface area (Å²) in [6, 6.07) is 8.07. The van der Waals surface area contributed by atoms with E-state index in [1.165, 1.54) is 24.1 Å². The summed E-state index contributed by atoms with van der Waals surface area (Å²) in [4.78, 5) is 16.3. The molecular formula is C19H20N8. The number of hydrogen-bond acceptors (Lipinski definition) is 6. The summed E-state index contributed by atoms with van der Waals surface area (Å²) < 4.78 is 0. The quantitative estimate of drug-likeness (QED) is 0.418. The fourth-order valence-electron chi connectivity index (χ4n) is 3.15. The van der Waals surface area contributed by atoms with Crippen molar-refractivity contribution in [1.29, 1.82) is 0 Å². The Morgan fingerprint density at radius 1 is 1.15 bits per heavy atom. The monoisotopic (exact) mass is 360 g/mol. The second kappa shape index (κ2) is 6.39. The Kier molecular flexibility index (Phi) is 3.74. The Morgan fingerprint density at radius 2 is 2.07 bits per heavy atom. The van der Waals surface area contributed by atoms with E-state index in [1.54, 1.807) is 12.5 Å². The number of aryl methyl sites for hydroxylation is 1. The highest BCUT2D eigenvalue weighted by Gasteiger charge is 2.25. The molecule has 0 aliphatic heterocycles. The van der Waals surface area contributed by atoms with Crippen LogP contribution >= 0.6 is 0 Å². The molecule has 0 unspecified atom stereocenters. The van der Waals surface area contributed by atoms with E-state index in [2.05, 4.69) is 65.9 Å². The normalized spacial score (nSPS) is 13.8. The van der Waals surface area contributed by atoms with Gasteiger partial charge in [0, 0.05) is 30.4 Å². The van der Waals surface area contributed by atoms with Crippen molar-refractivity contribution >= 4 is 28.6 Å². The van der Waals surface area contributed by atoms with Gasteiger partial charge in [0.2, 0.25) is 5.95 Å². The molecule has 0 radical (unpaired) electrons. The molecule has 27 heavy (non-hydrogen) atoms. The molecule has 0 bridgehead atoms. The summed E-state index contributed by atoms with van der Waals surface area (Å²) in [5.41, 5.74) is 5.55.